The summed E-state index contributed by atoms with van der Waals surface area (Å²) in [4.78, 5) is 11.1. The van der Waals surface area contributed by atoms with Crippen molar-refractivity contribution in [2.45, 2.75) is 13.3 Å². The second-order valence-corrected chi connectivity index (χ2v) is 3.19. The third-order valence-electron chi connectivity index (χ3n) is 1.99. The SMILES string of the molecule is CCOC(=O)C/C=C/c1cccc(OC)c1. The molecule has 0 spiro atoms. The molecule has 0 amide bonds. The number of hydrogen-bond donors (Lipinski definition) is 0. The molecule has 0 saturated heterocycles. The minimum absolute atomic E-state index is 0.207. The van der Waals surface area contributed by atoms with Crippen LogP contribution in [-0.2, 0) is 9.53 Å². The summed E-state index contributed by atoms with van der Waals surface area (Å²) in [5.41, 5.74) is 1.00. The Hall–Kier alpha value is -1.77. The quantitative estimate of drug-likeness (QED) is 0.716. The summed E-state index contributed by atoms with van der Waals surface area (Å²) in [7, 11) is 1.63. The van der Waals surface area contributed by atoms with Gasteiger partial charge in [0.05, 0.1) is 20.1 Å². The number of carbonyl (C=O) groups is 1. The van der Waals surface area contributed by atoms with Crippen LogP contribution in [0.2, 0.25) is 0 Å². The van der Waals surface area contributed by atoms with E-state index in [1.54, 1.807) is 20.1 Å². The summed E-state index contributed by atoms with van der Waals surface area (Å²) in [6.45, 7) is 2.22. The normalized spacial score (nSPS) is 10.4. The fourth-order valence-corrected chi connectivity index (χ4v) is 1.26. The van der Waals surface area contributed by atoms with Gasteiger partial charge in [-0.15, -0.1) is 0 Å². The van der Waals surface area contributed by atoms with Crippen molar-refractivity contribution in [1.29, 1.82) is 0 Å². The third kappa shape index (κ3) is 4.17. The van der Waals surface area contributed by atoms with Gasteiger partial charge in [0.1, 0.15) is 5.75 Å². The van der Waals surface area contributed by atoms with E-state index >= 15 is 0 Å². The van der Waals surface area contributed by atoms with Crippen LogP contribution in [0.1, 0.15) is 18.9 Å². The predicted molar refractivity (Wildman–Crippen MR) is 63.3 cm³/mol. The highest BCUT2D eigenvalue weighted by atomic mass is 16.5. The largest absolute Gasteiger partial charge is 0.497 e. The fraction of sp³-hybridized carbons (Fsp3) is 0.308. The van der Waals surface area contributed by atoms with E-state index in [0.29, 0.717) is 13.0 Å². The van der Waals surface area contributed by atoms with Crippen LogP contribution < -0.4 is 4.74 Å². The van der Waals surface area contributed by atoms with Gasteiger partial charge in [0, 0.05) is 0 Å². The molecule has 0 radical (unpaired) electrons. The lowest BCUT2D eigenvalue weighted by Gasteiger charge is -2.00. The third-order valence-corrected chi connectivity index (χ3v) is 1.99. The molecule has 3 heteroatoms. The molecule has 0 aliphatic rings. The van der Waals surface area contributed by atoms with Gasteiger partial charge < -0.3 is 9.47 Å². The monoisotopic (exact) mass is 220 g/mol. The van der Waals surface area contributed by atoms with Crippen LogP contribution in [0.3, 0.4) is 0 Å². The van der Waals surface area contributed by atoms with Crippen LogP contribution in [0.5, 0.6) is 5.75 Å². The zero-order valence-electron chi connectivity index (χ0n) is 9.60. The smallest absolute Gasteiger partial charge is 0.309 e. The average Bonchev–Trinajstić information content (AvgIpc) is 2.30. The van der Waals surface area contributed by atoms with Crippen LogP contribution in [-0.4, -0.2) is 19.7 Å². The van der Waals surface area contributed by atoms with Gasteiger partial charge in [0.25, 0.3) is 0 Å². The van der Waals surface area contributed by atoms with Crippen LogP contribution in [0, 0.1) is 0 Å². The van der Waals surface area contributed by atoms with Crippen molar-refractivity contribution in [1.82, 2.24) is 0 Å². The van der Waals surface area contributed by atoms with Crippen molar-refractivity contribution in [3.05, 3.63) is 35.9 Å². The number of ether oxygens (including phenoxy) is 2. The van der Waals surface area contributed by atoms with E-state index in [2.05, 4.69) is 0 Å². The van der Waals surface area contributed by atoms with Crippen molar-refractivity contribution < 1.29 is 14.3 Å². The Balaban J connectivity index is 2.52. The van der Waals surface area contributed by atoms with Crippen molar-refractivity contribution in [3.8, 4) is 5.75 Å². The van der Waals surface area contributed by atoms with Gasteiger partial charge in [-0.25, -0.2) is 0 Å². The Morgan fingerprint density at radius 2 is 2.25 bits per heavy atom. The number of benzene rings is 1. The van der Waals surface area contributed by atoms with Crippen LogP contribution in [0.15, 0.2) is 30.3 Å². The number of rotatable bonds is 5. The van der Waals surface area contributed by atoms with Gasteiger partial charge in [0.2, 0.25) is 0 Å². The molecule has 0 fully saturated rings. The van der Waals surface area contributed by atoms with E-state index in [4.69, 9.17) is 9.47 Å². The molecule has 86 valence electrons. The topological polar surface area (TPSA) is 35.5 Å². The van der Waals surface area contributed by atoms with Gasteiger partial charge in [-0.05, 0) is 24.6 Å². The zero-order valence-corrected chi connectivity index (χ0v) is 9.60. The minimum atomic E-state index is -0.207. The van der Waals surface area contributed by atoms with Crippen molar-refractivity contribution >= 4 is 12.0 Å². The van der Waals surface area contributed by atoms with Crippen molar-refractivity contribution in [2.24, 2.45) is 0 Å². The lowest BCUT2D eigenvalue weighted by atomic mass is 10.2. The molecule has 1 aromatic carbocycles. The highest BCUT2D eigenvalue weighted by Gasteiger charge is 1.96. The van der Waals surface area contributed by atoms with Gasteiger partial charge in [-0.1, -0.05) is 24.3 Å². The maximum absolute atomic E-state index is 11.1. The summed E-state index contributed by atoms with van der Waals surface area (Å²) in [5, 5.41) is 0. The summed E-state index contributed by atoms with van der Waals surface area (Å²) in [5.74, 6) is 0.597. The highest BCUT2D eigenvalue weighted by molar-refractivity contribution is 5.72. The molecule has 16 heavy (non-hydrogen) atoms. The number of methoxy groups -OCH3 is 1. The van der Waals surface area contributed by atoms with E-state index in [1.165, 1.54) is 0 Å². The second kappa shape index (κ2) is 6.67. The molecule has 0 bridgehead atoms. The number of carbonyl (C=O) groups excluding carboxylic acids is 1. The Morgan fingerprint density at radius 3 is 2.94 bits per heavy atom. The fourth-order valence-electron chi connectivity index (χ4n) is 1.26. The molecule has 1 rings (SSSR count). The second-order valence-electron chi connectivity index (χ2n) is 3.19. The molecule has 1 aromatic rings. The lowest BCUT2D eigenvalue weighted by molar-refractivity contribution is -0.142. The van der Waals surface area contributed by atoms with E-state index < -0.39 is 0 Å². The Kier molecular flexibility index (Phi) is 5.12. The number of hydrogen-bond acceptors (Lipinski definition) is 3. The standard InChI is InChI=1S/C13H16O3/c1-3-16-13(14)9-5-7-11-6-4-8-12(10-11)15-2/h4-8,10H,3,9H2,1-2H3/b7-5+. The summed E-state index contributed by atoms with van der Waals surface area (Å²) < 4.78 is 9.91. The molecular weight excluding hydrogens is 204 g/mol. The summed E-state index contributed by atoms with van der Waals surface area (Å²) in [6.07, 6.45) is 3.96. The zero-order chi connectivity index (χ0) is 11.8. The minimum Gasteiger partial charge on any atom is -0.497 e. The molecular formula is C13H16O3. The predicted octanol–water partition coefficient (Wildman–Crippen LogP) is 2.66. The van der Waals surface area contributed by atoms with E-state index in [0.717, 1.165) is 11.3 Å². The first-order valence-electron chi connectivity index (χ1n) is 5.22. The maximum Gasteiger partial charge on any atom is 0.309 e. The Bertz CT molecular complexity index is 369. The molecule has 0 heterocycles. The molecule has 0 aliphatic heterocycles. The van der Waals surface area contributed by atoms with Crippen LogP contribution >= 0.6 is 0 Å². The Morgan fingerprint density at radius 1 is 1.44 bits per heavy atom. The summed E-state index contributed by atoms with van der Waals surface area (Å²) in [6, 6.07) is 7.64. The van der Waals surface area contributed by atoms with Crippen molar-refractivity contribution in [3.63, 3.8) is 0 Å². The first-order valence-corrected chi connectivity index (χ1v) is 5.22. The molecule has 0 N–H and O–H groups in total. The first-order chi connectivity index (χ1) is 7.76. The number of esters is 1. The van der Waals surface area contributed by atoms with Gasteiger partial charge >= 0.3 is 5.97 Å². The lowest BCUT2D eigenvalue weighted by Crippen LogP contribution is -2.01. The molecule has 3 nitrogen and oxygen atoms in total. The maximum atomic E-state index is 11.1. The molecule has 0 saturated carbocycles. The van der Waals surface area contributed by atoms with E-state index in [-0.39, 0.29) is 5.97 Å². The van der Waals surface area contributed by atoms with Crippen LogP contribution in [0.25, 0.3) is 6.08 Å². The van der Waals surface area contributed by atoms with Gasteiger partial charge in [-0.2, -0.15) is 0 Å². The molecule has 0 aliphatic carbocycles. The first kappa shape index (κ1) is 12.3. The molecule has 0 atom stereocenters. The van der Waals surface area contributed by atoms with Crippen LogP contribution in [0.4, 0.5) is 0 Å². The van der Waals surface area contributed by atoms with E-state index in [9.17, 15) is 4.79 Å². The highest BCUT2D eigenvalue weighted by Crippen LogP contribution is 2.13. The Labute approximate surface area is 95.7 Å². The van der Waals surface area contributed by atoms with Gasteiger partial charge in [-0.3, -0.25) is 4.79 Å². The molecule has 0 aromatic heterocycles. The van der Waals surface area contributed by atoms with Gasteiger partial charge in [0.15, 0.2) is 0 Å². The van der Waals surface area contributed by atoms with Crippen molar-refractivity contribution in [2.75, 3.05) is 13.7 Å². The van der Waals surface area contributed by atoms with E-state index in [1.807, 2.05) is 30.3 Å². The average molecular weight is 220 g/mol. The molecule has 0 unspecified atom stereocenters. The summed E-state index contributed by atoms with van der Waals surface area (Å²) >= 11 is 0.